The molecule has 182 valence electrons. The van der Waals surface area contributed by atoms with Gasteiger partial charge in [0, 0.05) is 42.8 Å². The number of hydrogen-bond donors (Lipinski definition) is 1. The Morgan fingerprint density at radius 1 is 1.21 bits per heavy atom. The maximum Gasteiger partial charge on any atom is 0.273 e. The molecule has 4 heterocycles. The monoisotopic (exact) mass is 483 g/mol. The van der Waals surface area contributed by atoms with Crippen molar-refractivity contribution in [2.75, 3.05) is 44.6 Å². The molecule has 2 aromatic rings. The summed E-state index contributed by atoms with van der Waals surface area (Å²) in [5.41, 5.74) is 1.49. The summed E-state index contributed by atoms with van der Waals surface area (Å²) in [6.07, 6.45) is 4.98. The molecule has 0 spiro atoms. The molecule has 0 unspecified atom stereocenters. The van der Waals surface area contributed by atoms with E-state index in [1.807, 2.05) is 23.3 Å². The Morgan fingerprint density at radius 3 is 2.68 bits per heavy atom. The zero-order valence-corrected chi connectivity index (χ0v) is 20.8. The molecule has 0 aliphatic carbocycles. The third-order valence-corrected chi connectivity index (χ3v) is 7.16. The van der Waals surface area contributed by atoms with Crippen LogP contribution in [0.5, 0.6) is 0 Å². The number of aryl methyl sites for hydroxylation is 1. The van der Waals surface area contributed by atoms with Crippen LogP contribution in [-0.2, 0) is 4.74 Å². The van der Waals surface area contributed by atoms with Crippen LogP contribution in [0.1, 0.15) is 67.0 Å². The Labute approximate surface area is 205 Å². The fraction of sp³-hybridized carbons (Fsp3) is 0.625. The van der Waals surface area contributed by atoms with E-state index in [2.05, 4.69) is 38.2 Å². The van der Waals surface area contributed by atoms with Gasteiger partial charge < -0.3 is 15.0 Å². The maximum absolute atomic E-state index is 12.9. The van der Waals surface area contributed by atoms with E-state index in [4.69, 9.17) is 10.00 Å². The lowest BCUT2D eigenvalue weighted by atomic mass is 9.93. The van der Waals surface area contributed by atoms with Crippen molar-refractivity contribution in [3.8, 4) is 6.07 Å². The first-order valence-corrected chi connectivity index (χ1v) is 13.0. The number of nitrogens with zero attached hydrogens (tertiary/aromatic N) is 6. The normalized spacial score (nSPS) is 18.1. The summed E-state index contributed by atoms with van der Waals surface area (Å²) in [5.74, 6) is 1.74. The van der Waals surface area contributed by atoms with E-state index in [0.29, 0.717) is 48.0 Å². The molecule has 2 fully saturated rings. The topological polar surface area (TPSA) is 107 Å². The number of thiazole rings is 1. The van der Waals surface area contributed by atoms with E-state index in [9.17, 15) is 4.79 Å². The maximum atomic E-state index is 12.9. The second kappa shape index (κ2) is 11.7. The van der Waals surface area contributed by atoms with Gasteiger partial charge >= 0.3 is 0 Å². The third kappa shape index (κ3) is 6.29. The summed E-state index contributed by atoms with van der Waals surface area (Å²) in [7, 11) is 0. The number of hydrogen-bond acceptors (Lipinski definition) is 9. The summed E-state index contributed by atoms with van der Waals surface area (Å²) >= 11 is 1.41. The van der Waals surface area contributed by atoms with Crippen molar-refractivity contribution >= 4 is 28.2 Å². The van der Waals surface area contributed by atoms with Crippen molar-refractivity contribution in [3.63, 3.8) is 0 Å². The molecule has 1 N–H and O–H groups in total. The van der Waals surface area contributed by atoms with E-state index < -0.39 is 0 Å². The molecule has 4 rings (SSSR count). The minimum atomic E-state index is -0.0260. The molecule has 9 nitrogen and oxygen atoms in total. The minimum absolute atomic E-state index is 0.0260. The molecular weight excluding hydrogens is 450 g/mol. The number of ether oxygens (including phenoxy) is 1. The van der Waals surface area contributed by atoms with Gasteiger partial charge in [0.2, 0.25) is 0 Å². The van der Waals surface area contributed by atoms with Gasteiger partial charge in [-0.1, -0.05) is 6.92 Å². The van der Waals surface area contributed by atoms with Crippen molar-refractivity contribution in [2.45, 2.75) is 58.0 Å². The second-order valence-corrected chi connectivity index (χ2v) is 9.82. The molecule has 2 aromatic heterocycles. The predicted octanol–water partition coefficient (Wildman–Crippen LogP) is 3.72. The SMILES string of the molecule is CCCOC1CCN(C(=O)c2csc(Nc3cc(C4CCN(CC#N)CC4)nc(C)n3)n2)CC1. The molecule has 34 heavy (non-hydrogen) atoms. The van der Waals surface area contributed by atoms with E-state index in [-0.39, 0.29) is 12.0 Å². The smallest absolute Gasteiger partial charge is 0.273 e. The van der Waals surface area contributed by atoms with E-state index >= 15 is 0 Å². The number of aromatic nitrogens is 3. The lowest BCUT2D eigenvalue weighted by Gasteiger charge is -2.31. The Hall–Kier alpha value is -2.61. The molecule has 10 heteroatoms. The number of nitriles is 1. The summed E-state index contributed by atoms with van der Waals surface area (Å²) in [5, 5.41) is 14.6. The van der Waals surface area contributed by atoms with E-state index in [0.717, 1.165) is 57.5 Å². The molecule has 0 saturated carbocycles. The number of rotatable bonds is 8. The van der Waals surface area contributed by atoms with Crippen LogP contribution in [0.2, 0.25) is 0 Å². The van der Waals surface area contributed by atoms with E-state index in [1.54, 1.807) is 0 Å². The van der Waals surface area contributed by atoms with Crippen molar-refractivity contribution in [3.05, 3.63) is 28.7 Å². The predicted molar refractivity (Wildman–Crippen MR) is 131 cm³/mol. The lowest BCUT2D eigenvalue weighted by Crippen LogP contribution is -2.41. The highest BCUT2D eigenvalue weighted by Crippen LogP contribution is 2.29. The van der Waals surface area contributed by atoms with Gasteiger partial charge in [-0.05, 0) is 52.1 Å². The molecule has 0 radical (unpaired) electrons. The third-order valence-electron chi connectivity index (χ3n) is 6.40. The molecule has 1 amide bonds. The largest absolute Gasteiger partial charge is 0.378 e. The zero-order chi connectivity index (χ0) is 23.9. The van der Waals surface area contributed by atoms with Crippen LogP contribution in [0.15, 0.2) is 11.4 Å². The summed E-state index contributed by atoms with van der Waals surface area (Å²) in [4.78, 5) is 30.7. The average Bonchev–Trinajstić information content (AvgIpc) is 3.31. The van der Waals surface area contributed by atoms with Crippen LogP contribution in [0, 0.1) is 18.3 Å². The first-order chi connectivity index (χ1) is 16.6. The van der Waals surface area contributed by atoms with Crippen molar-refractivity contribution < 1.29 is 9.53 Å². The molecule has 2 aliphatic rings. The van der Waals surface area contributed by atoms with Gasteiger partial charge in [-0.25, -0.2) is 15.0 Å². The van der Waals surface area contributed by atoms with Crippen LogP contribution in [0.4, 0.5) is 10.9 Å². The van der Waals surface area contributed by atoms with Crippen molar-refractivity contribution in [2.24, 2.45) is 0 Å². The highest BCUT2D eigenvalue weighted by molar-refractivity contribution is 7.14. The minimum Gasteiger partial charge on any atom is -0.378 e. The number of carbonyl (C=O) groups excluding carboxylic acids is 1. The van der Waals surface area contributed by atoms with Crippen LogP contribution < -0.4 is 5.32 Å². The summed E-state index contributed by atoms with van der Waals surface area (Å²) in [6.45, 7) is 8.49. The Bertz CT molecular complexity index is 1000. The quantitative estimate of drug-likeness (QED) is 0.566. The van der Waals surface area contributed by atoms with Crippen LogP contribution in [0.3, 0.4) is 0 Å². The van der Waals surface area contributed by atoms with Gasteiger partial charge in [-0.15, -0.1) is 11.3 Å². The highest BCUT2D eigenvalue weighted by atomic mass is 32.1. The Kier molecular flexibility index (Phi) is 8.43. The number of likely N-dealkylation sites (tertiary alicyclic amines) is 2. The number of carbonyl (C=O) groups is 1. The number of anilines is 2. The lowest BCUT2D eigenvalue weighted by molar-refractivity contribution is 0.00887. The van der Waals surface area contributed by atoms with Gasteiger partial charge in [0.1, 0.15) is 17.3 Å². The molecular formula is C24H33N7O2S. The number of piperidine rings is 2. The molecule has 0 aromatic carbocycles. The Balaban J connectivity index is 1.35. The van der Waals surface area contributed by atoms with Gasteiger partial charge in [0.05, 0.1) is 18.7 Å². The summed E-state index contributed by atoms with van der Waals surface area (Å²) in [6, 6.07) is 4.22. The number of nitrogens with one attached hydrogen (secondary N) is 1. The Morgan fingerprint density at radius 2 is 1.97 bits per heavy atom. The number of amides is 1. The molecule has 2 aliphatic heterocycles. The van der Waals surface area contributed by atoms with Crippen molar-refractivity contribution in [1.29, 1.82) is 5.26 Å². The fourth-order valence-electron chi connectivity index (χ4n) is 4.56. The zero-order valence-electron chi connectivity index (χ0n) is 20.0. The van der Waals surface area contributed by atoms with Crippen LogP contribution in [-0.4, -0.2) is 76.1 Å². The van der Waals surface area contributed by atoms with Gasteiger partial charge in [-0.2, -0.15) is 5.26 Å². The van der Waals surface area contributed by atoms with Gasteiger partial charge in [0.25, 0.3) is 5.91 Å². The van der Waals surface area contributed by atoms with Crippen molar-refractivity contribution in [1.82, 2.24) is 24.8 Å². The van der Waals surface area contributed by atoms with Gasteiger partial charge in [-0.3, -0.25) is 9.69 Å². The first-order valence-electron chi connectivity index (χ1n) is 12.1. The van der Waals surface area contributed by atoms with Crippen LogP contribution >= 0.6 is 11.3 Å². The van der Waals surface area contributed by atoms with Gasteiger partial charge in [0.15, 0.2) is 5.13 Å². The first kappa shape index (κ1) is 24.5. The molecule has 0 atom stereocenters. The highest BCUT2D eigenvalue weighted by Gasteiger charge is 2.26. The standard InChI is InChI=1S/C24H33N7O2S/c1-3-14-33-19-6-11-31(12-7-19)23(32)21-16-34-24(28-21)29-22-15-20(26-17(2)27-22)18-4-9-30(10-5-18)13-8-25/h15-16,18-19H,3-7,9-14H2,1-2H3,(H,26,27,28,29). The molecule has 0 bridgehead atoms. The second-order valence-electron chi connectivity index (χ2n) is 8.96. The fourth-order valence-corrected chi connectivity index (χ4v) is 5.25. The molecule has 2 saturated heterocycles. The summed E-state index contributed by atoms with van der Waals surface area (Å²) < 4.78 is 5.83. The van der Waals surface area contributed by atoms with Crippen LogP contribution in [0.25, 0.3) is 0 Å². The average molecular weight is 484 g/mol. The van der Waals surface area contributed by atoms with E-state index in [1.165, 1.54) is 11.3 Å².